The van der Waals surface area contributed by atoms with E-state index in [1.54, 1.807) is 11.3 Å². The Morgan fingerprint density at radius 1 is 1.40 bits per heavy atom. The van der Waals surface area contributed by atoms with Gasteiger partial charge in [0, 0.05) is 36.0 Å². The molecule has 7 heteroatoms. The van der Waals surface area contributed by atoms with E-state index in [-0.39, 0.29) is 11.6 Å². The molecule has 0 saturated heterocycles. The molecule has 1 amide bonds. The van der Waals surface area contributed by atoms with Crippen LogP contribution >= 0.6 is 11.3 Å². The number of hydrogen-bond donors (Lipinski definition) is 1. The molecule has 1 N–H and O–H groups in total. The number of carbonyl (C=O) groups is 1. The van der Waals surface area contributed by atoms with Crippen LogP contribution in [-0.2, 0) is 6.42 Å². The van der Waals surface area contributed by atoms with Gasteiger partial charge in [0.15, 0.2) is 0 Å². The van der Waals surface area contributed by atoms with Gasteiger partial charge in [-0.05, 0) is 19.1 Å². The number of nitro benzene ring substituents is 1. The van der Waals surface area contributed by atoms with Gasteiger partial charge in [-0.1, -0.05) is 0 Å². The van der Waals surface area contributed by atoms with Gasteiger partial charge in [0.05, 0.1) is 15.6 Å². The zero-order valence-electron chi connectivity index (χ0n) is 10.8. The maximum atomic E-state index is 11.8. The van der Waals surface area contributed by atoms with Gasteiger partial charge < -0.3 is 5.32 Å². The molecule has 2 rings (SSSR count). The van der Waals surface area contributed by atoms with Gasteiger partial charge in [-0.3, -0.25) is 14.9 Å². The summed E-state index contributed by atoms with van der Waals surface area (Å²) in [6.45, 7) is 2.42. The molecule has 0 unspecified atom stereocenters. The number of nitrogens with zero attached hydrogens (tertiary/aromatic N) is 2. The van der Waals surface area contributed by atoms with Crippen LogP contribution in [0.5, 0.6) is 0 Å². The van der Waals surface area contributed by atoms with Crippen molar-refractivity contribution in [3.63, 3.8) is 0 Å². The van der Waals surface area contributed by atoms with Crippen molar-refractivity contribution in [3.05, 3.63) is 56.0 Å². The number of carbonyl (C=O) groups excluding carboxylic acids is 1. The molecule has 0 bridgehead atoms. The quantitative estimate of drug-likeness (QED) is 0.676. The molecule has 0 aliphatic heterocycles. The summed E-state index contributed by atoms with van der Waals surface area (Å²) in [5.41, 5.74) is 1.33. The summed E-state index contributed by atoms with van der Waals surface area (Å²) in [6, 6.07) is 5.53. The molecule has 0 aliphatic carbocycles. The van der Waals surface area contributed by atoms with E-state index in [1.807, 2.05) is 12.3 Å². The first-order valence-electron chi connectivity index (χ1n) is 6.00. The van der Waals surface area contributed by atoms with E-state index in [9.17, 15) is 14.9 Å². The molecular formula is C13H13N3O3S. The van der Waals surface area contributed by atoms with Crippen LogP contribution in [0.2, 0.25) is 0 Å². The van der Waals surface area contributed by atoms with Crippen molar-refractivity contribution in [1.82, 2.24) is 10.3 Å². The molecule has 20 heavy (non-hydrogen) atoms. The smallest absolute Gasteiger partial charge is 0.269 e. The molecule has 0 spiro atoms. The summed E-state index contributed by atoms with van der Waals surface area (Å²) in [5, 5.41) is 16.2. The maximum Gasteiger partial charge on any atom is 0.269 e. The SMILES string of the molecule is Cc1nc(CCNC(=O)c2ccc([N+](=O)[O-])cc2)cs1. The van der Waals surface area contributed by atoms with E-state index in [2.05, 4.69) is 10.3 Å². The van der Waals surface area contributed by atoms with E-state index >= 15 is 0 Å². The fourth-order valence-electron chi connectivity index (χ4n) is 1.66. The van der Waals surface area contributed by atoms with Crippen LogP contribution in [0, 0.1) is 17.0 Å². The Labute approximate surface area is 119 Å². The lowest BCUT2D eigenvalue weighted by atomic mass is 10.2. The lowest BCUT2D eigenvalue weighted by Crippen LogP contribution is -2.25. The minimum Gasteiger partial charge on any atom is -0.352 e. The van der Waals surface area contributed by atoms with Gasteiger partial charge in [-0.2, -0.15) is 0 Å². The van der Waals surface area contributed by atoms with Crippen LogP contribution in [-0.4, -0.2) is 22.4 Å². The third-order valence-electron chi connectivity index (χ3n) is 2.67. The molecule has 0 radical (unpaired) electrons. The number of amides is 1. The van der Waals surface area contributed by atoms with Crippen LogP contribution < -0.4 is 5.32 Å². The second kappa shape index (κ2) is 6.25. The topological polar surface area (TPSA) is 85.1 Å². The van der Waals surface area contributed by atoms with Crippen molar-refractivity contribution in [2.75, 3.05) is 6.54 Å². The third kappa shape index (κ3) is 3.61. The summed E-state index contributed by atoms with van der Waals surface area (Å²) in [4.78, 5) is 26.1. The largest absolute Gasteiger partial charge is 0.352 e. The Kier molecular flexibility index (Phi) is 4.41. The van der Waals surface area contributed by atoms with Crippen molar-refractivity contribution in [2.45, 2.75) is 13.3 Å². The van der Waals surface area contributed by atoms with E-state index in [0.29, 0.717) is 18.5 Å². The molecule has 0 saturated carbocycles. The predicted octanol–water partition coefficient (Wildman–Crippen LogP) is 2.33. The van der Waals surface area contributed by atoms with Crippen LogP contribution in [0.25, 0.3) is 0 Å². The van der Waals surface area contributed by atoms with Crippen LogP contribution in [0.1, 0.15) is 21.1 Å². The number of aryl methyl sites for hydroxylation is 1. The van der Waals surface area contributed by atoms with E-state index in [0.717, 1.165) is 10.7 Å². The first-order chi connectivity index (χ1) is 9.56. The number of aromatic nitrogens is 1. The number of non-ortho nitro benzene ring substituents is 1. The van der Waals surface area contributed by atoms with Crippen LogP contribution in [0.3, 0.4) is 0 Å². The summed E-state index contributed by atoms with van der Waals surface area (Å²) in [6.07, 6.45) is 0.670. The summed E-state index contributed by atoms with van der Waals surface area (Å²) in [5.74, 6) is -0.244. The van der Waals surface area contributed by atoms with Gasteiger partial charge in [0.25, 0.3) is 11.6 Å². The minimum atomic E-state index is -0.494. The second-order valence-corrected chi connectivity index (χ2v) is 5.23. The molecule has 104 valence electrons. The molecule has 6 nitrogen and oxygen atoms in total. The first-order valence-corrected chi connectivity index (χ1v) is 6.88. The molecule has 2 aromatic rings. The van der Waals surface area contributed by atoms with Crippen molar-refractivity contribution < 1.29 is 9.72 Å². The summed E-state index contributed by atoms with van der Waals surface area (Å²) < 4.78 is 0. The van der Waals surface area contributed by atoms with E-state index < -0.39 is 4.92 Å². The Hall–Kier alpha value is -2.28. The normalized spacial score (nSPS) is 10.2. The summed E-state index contributed by atoms with van der Waals surface area (Å²) >= 11 is 1.58. The lowest BCUT2D eigenvalue weighted by molar-refractivity contribution is -0.384. The number of benzene rings is 1. The van der Waals surface area contributed by atoms with Crippen molar-refractivity contribution in [2.24, 2.45) is 0 Å². The Balaban J connectivity index is 1.86. The van der Waals surface area contributed by atoms with Crippen LogP contribution in [0.15, 0.2) is 29.6 Å². The Morgan fingerprint density at radius 3 is 2.65 bits per heavy atom. The zero-order valence-corrected chi connectivity index (χ0v) is 11.6. The van der Waals surface area contributed by atoms with Gasteiger partial charge >= 0.3 is 0 Å². The van der Waals surface area contributed by atoms with E-state index in [4.69, 9.17) is 0 Å². The van der Waals surface area contributed by atoms with Gasteiger partial charge in [0.1, 0.15) is 0 Å². The minimum absolute atomic E-state index is 0.0282. The standard InChI is InChI=1S/C13H13N3O3S/c1-9-15-11(8-20-9)6-7-14-13(17)10-2-4-12(5-3-10)16(18)19/h2-5,8H,6-7H2,1H3,(H,14,17). The number of nitrogens with one attached hydrogen (secondary N) is 1. The molecule has 0 aliphatic rings. The Bertz CT molecular complexity index is 622. The van der Waals surface area contributed by atoms with Gasteiger partial charge in [-0.15, -0.1) is 11.3 Å². The third-order valence-corrected chi connectivity index (χ3v) is 3.50. The molecule has 1 heterocycles. The summed E-state index contributed by atoms with van der Waals surface area (Å²) in [7, 11) is 0. The lowest BCUT2D eigenvalue weighted by Gasteiger charge is -2.03. The fourth-order valence-corrected chi connectivity index (χ4v) is 2.31. The highest BCUT2D eigenvalue weighted by Gasteiger charge is 2.09. The average molecular weight is 291 g/mol. The Morgan fingerprint density at radius 2 is 2.10 bits per heavy atom. The highest BCUT2D eigenvalue weighted by Crippen LogP contribution is 2.12. The van der Waals surface area contributed by atoms with Crippen molar-refractivity contribution in [1.29, 1.82) is 0 Å². The molecule has 0 atom stereocenters. The van der Waals surface area contributed by atoms with E-state index in [1.165, 1.54) is 24.3 Å². The number of thiazole rings is 1. The van der Waals surface area contributed by atoms with Crippen molar-refractivity contribution in [3.8, 4) is 0 Å². The number of rotatable bonds is 5. The van der Waals surface area contributed by atoms with Crippen molar-refractivity contribution >= 4 is 22.9 Å². The average Bonchev–Trinajstić information content (AvgIpc) is 2.84. The number of hydrogen-bond acceptors (Lipinski definition) is 5. The fraction of sp³-hybridized carbons (Fsp3) is 0.231. The predicted molar refractivity (Wildman–Crippen MR) is 76.0 cm³/mol. The zero-order chi connectivity index (χ0) is 14.5. The van der Waals surface area contributed by atoms with Gasteiger partial charge in [-0.25, -0.2) is 4.98 Å². The van der Waals surface area contributed by atoms with Gasteiger partial charge in [0.2, 0.25) is 0 Å². The first kappa shape index (κ1) is 14.1. The highest BCUT2D eigenvalue weighted by atomic mass is 32.1. The number of nitro groups is 1. The highest BCUT2D eigenvalue weighted by molar-refractivity contribution is 7.09. The monoisotopic (exact) mass is 291 g/mol. The molecule has 1 aromatic carbocycles. The molecule has 0 fully saturated rings. The molecule has 1 aromatic heterocycles. The second-order valence-electron chi connectivity index (χ2n) is 4.17. The molecular weight excluding hydrogens is 278 g/mol. The van der Waals surface area contributed by atoms with Crippen LogP contribution in [0.4, 0.5) is 5.69 Å². The maximum absolute atomic E-state index is 11.8.